The number of hydrogen-bond acceptors (Lipinski definition) is 4. The Bertz CT molecular complexity index is 3020. The summed E-state index contributed by atoms with van der Waals surface area (Å²) in [4.78, 5) is 12.9. The Morgan fingerprint density at radius 1 is 0.677 bits per heavy atom. The lowest BCUT2D eigenvalue weighted by Crippen LogP contribution is -2.40. The fraction of sp³-hybridized carbons (Fsp3) is 0.138. The summed E-state index contributed by atoms with van der Waals surface area (Å²) in [5.41, 5.74) is 15.6. The van der Waals surface area contributed by atoms with Gasteiger partial charge in [-0.3, -0.25) is 0 Å². The topological polar surface area (TPSA) is 40.0 Å². The number of anilines is 2. The van der Waals surface area contributed by atoms with Crippen LogP contribution in [-0.4, -0.2) is 17.8 Å². The maximum Gasteiger partial charge on any atom is 0.159 e. The van der Waals surface area contributed by atoms with Gasteiger partial charge in [0.2, 0.25) is 0 Å². The van der Waals surface area contributed by atoms with Gasteiger partial charge in [0.15, 0.2) is 5.84 Å². The average molecular weight is 801 g/mol. The lowest BCUT2D eigenvalue weighted by Gasteiger charge is -2.29. The van der Waals surface area contributed by atoms with Crippen LogP contribution >= 0.6 is 0 Å². The van der Waals surface area contributed by atoms with Crippen LogP contribution in [0.4, 0.5) is 11.4 Å². The third kappa shape index (κ3) is 6.73. The van der Waals surface area contributed by atoms with Gasteiger partial charge < -0.3 is 10.2 Å². The zero-order valence-corrected chi connectivity index (χ0v) is 35.2. The highest BCUT2D eigenvalue weighted by Crippen LogP contribution is 2.55. The van der Waals surface area contributed by atoms with Gasteiger partial charge in [0.1, 0.15) is 12.0 Å². The number of nitrogens with zero attached hydrogens (tertiary/aromatic N) is 3. The molecule has 2 unspecified atom stereocenters. The second kappa shape index (κ2) is 15.6. The van der Waals surface area contributed by atoms with Gasteiger partial charge in [0, 0.05) is 39.5 Å². The number of rotatable bonds is 8. The molecule has 1 N–H and O–H groups in total. The van der Waals surface area contributed by atoms with Crippen LogP contribution in [0, 0.1) is 0 Å². The summed E-state index contributed by atoms with van der Waals surface area (Å²) < 4.78 is 0. The van der Waals surface area contributed by atoms with Crippen LogP contribution in [0.2, 0.25) is 0 Å². The molecule has 300 valence electrons. The third-order valence-corrected chi connectivity index (χ3v) is 13.1. The van der Waals surface area contributed by atoms with E-state index in [1.807, 2.05) is 6.07 Å². The molecule has 0 radical (unpaired) electrons. The van der Waals surface area contributed by atoms with E-state index in [0.717, 1.165) is 53.4 Å². The molecule has 0 amide bonds. The molecule has 0 fully saturated rings. The lowest BCUT2D eigenvalue weighted by atomic mass is 9.79. The first-order valence-electron chi connectivity index (χ1n) is 21.9. The van der Waals surface area contributed by atoms with Crippen molar-refractivity contribution < 1.29 is 0 Å². The minimum Gasteiger partial charge on any atom is -0.344 e. The molecule has 7 aromatic carbocycles. The van der Waals surface area contributed by atoms with Crippen molar-refractivity contribution >= 4 is 33.8 Å². The summed E-state index contributed by atoms with van der Waals surface area (Å²) in [7, 11) is 0. The van der Waals surface area contributed by atoms with Gasteiger partial charge in [0.05, 0.1) is 0 Å². The predicted octanol–water partition coefficient (Wildman–Crippen LogP) is 14.0. The van der Waals surface area contributed by atoms with Gasteiger partial charge in [-0.15, -0.1) is 0 Å². The molecule has 4 heteroatoms. The quantitative estimate of drug-likeness (QED) is 0.166. The molecule has 0 spiro atoms. The summed E-state index contributed by atoms with van der Waals surface area (Å²) in [6, 6.07) is 59.4. The zero-order chi connectivity index (χ0) is 41.6. The van der Waals surface area contributed by atoms with Crippen LogP contribution in [0.3, 0.4) is 0 Å². The highest BCUT2D eigenvalue weighted by atomic mass is 15.2. The molecule has 0 aromatic heterocycles. The smallest absolute Gasteiger partial charge is 0.159 e. The first-order chi connectivity index (χ1) is 30.5. The van der Waals surface area contributed by atoms with Gasteiger partial charge in [-0.05, 0) is 117 Å². The second-order valence-corrected chi connectivity index (χ2v) is 17.3. The van der Waals surface area contributed by atoms with Crippen molar-refractivity contribution in [2.24, 2.45) is 9.98 Å². The van der Waals surface area contributed by atoms with E-state index in [4.69, 9.17) is 9.98 Å². The summed E-state index contributed by atoms with van der Waals surface area (Å²) >= 11 is 0. The predicted molar refractivity (Wildman–Crippen MR) is 259 cm³/mol. The summed E-state index contributed by atoms with van der Waals surface area (Å²) in [5.74, 6) is 1.99. The number of amidine groups is 2. The lowest BCUT2D eigenvalue weighted by molar-refractivity contribution is 0.665. The van der Waals surface area contributed by atoms with E-state index < -0.39 is 0 Å². The number of nitrogens with one attached hydrogen (secondary N) is 1. The van der Waals surface area contributed by atoms with E-state index in [1.165, 1.54) is 61.0 Å². The van der Waals surface area contributed by atoms with Crippen LogP contribution < -0.4 is 10.2 Å². The SMILES string of the molecule is CC1(C)c2cc(C3=NC(C4=CC=CCC4)NC(c4ccccc4)=N3)ccc2-c2c(-c3ccc(N(C4=CCC(c5ccccc5)C=C4)c4ccccc4)cc3)cc3ccccc3c21. The number of fused-ring (bicyclic) bond motifs is 5. The van der Waals surface area contributed by atoms with Crippen molar-refractivity contribution in [3.63, 3.8) is 0 Å². The summed E-state index contributed by atoms with van der Waals surface area (Å²) in [5, 5.41) is 6.21. The van der Waals surface area contributed by atoms with Gasteiger partial charge in [-0.1, -0.05) is 172 Å². The van der Waals surface area contributed by atoms with Crippen molar-refractivity contribution in [3.05, 3.63) is 239 Å². The second-order valence-electron chi connectivity index (χ2n) is 17.3. The maximum atomic E-state index is 5.29. The fourth-order valence-corrected chi connectivity index (χ4v) is 9.95. The van der Waals surface area contributed by atoms with Gasteiger partial charge in [-0.2, -0.15) is 0 Å². The van der Waals surface area contributed by atoms with Crippen LogP contribution in [-0.2, 0) is 5.41 Å². The van der Waals surface area contributed by atoms with Crippen LogP contribution in [0.5, 0.6) is 0 Å². The molecule has 2 atom stereocenters. The molecule has 4 nitrogen and oxygen atoms in total. The van der Waals surface area contributed by atoms with E-state index in [2.05, 4.69) is 218 Å². The Labute approximate surface area is 364 Å². The number of allylic oxidation sites excluding steroid dienone is 6. The number of para-hydroxylation sites is 1. The van der Waals surface area contributed by atoms with E-state index in [0.29, 0.717) is 5.92 Å². The number of hydrogen-bond donors (Lipinski definition) is 1. The molecule has 4 aliphatic rings. The van der Waals surface area contributed by atoms with Gasteiger partial charge in [-0.25, -0.2) is 9.98 Å². The number of aliphatic imine (C=N–C) groups is 2. The molecular weight excluding hydrogens is 753 g/mol. The zero-order valence-electron chi connectivity index (χ0n) is 35.2. The van der Waals surface area contributed by atoms with Gasteiger partial charge in [0.25, 0.3) is 0 Å². The van der Waals surface area contributed by atoms with Crippen molar-refractivity contribution in [1.29, 1.82) is 0 Å². The molecule has 0 saturated heterocycles. The van der Waals surface area contributed by atoms with Crippen LogP contribution in [0.1, 0.15) is 66.8 Å². The molecular formula is C58H48N4. The van der Waals surface area contributed by atoms with Crippen LogP contribution in [0.15, 0.2) is 222 Å². The third-order valence-electron chi connectivity index (χ3n) is 13.1. The standard InChI is InChI=1S/C58H48N4/c1-58(2)52-38-45(57-60-55(42-19-9-4-10-20-42)59-56(61-57)43-21-11-5-12-22-43)31-36-50(52)53-51(37-44-23-15-16-26-49(44)54(53)58)41-29-34-48(35-30-41)62(46-24-13-6-14-25-46)47-32-27-40(28-33-47)39-17-7-3-8-18-39/h3-11,13-21,23-27,29-38,40,56H,12,22,28H2,1-2H3,(H,59,60,61). The molecule has 3 aliphatic carbocycles. The minimum atomic E-state index is -0.271. The normalized spacial score (nSPS) is 18.5. The minimum absolute atomic E-state index is 0.172. The average Bonchev–Trinajstić information content (AvgIpc) is 3.58. The largest absolute Gasteiger partial charge is 0.344 e. The van der Waals surface area contributed by atoms with E-state index >= 15 is 0 Å². The van der Waals surface area contributed by atoms with Crippen molar-refractivity contribution in [2.45, 2.75) is 50.6 Å². The Balaban J connectivity index is 0.995. The fourth-order valence-electron chi connectivity index (χ4n) is 9.95. The van der Waals surface area contributed by atoms with Crippen molar-refractivity contribution in [3.8, 4) is 22.3 Å². The van der Waals surface area contributed by atoms with Crippen LogP contribution in [0.25, 0.3) is 33.0 Å². The molecule has 1 heterocycles. The molecule has 11 rings (SSSR count). The molecule has 1 aliphatic heterocycles. The molecule has 0 bridgehead atoms. The number of benzene rings is 7. The summed E-state index contributed by atoms with van der Waals surface area (Å²) in [6.45, 7) is 4.77. The Hall–Kier alpha value is -7.30. The molecule has 0 saturated carbocycles. The summed E-state index contributed by atoms with van der Waals surface area (Å²) in [6.07, 6.45) is 16.4. The Morgan fingerprint density at radius 2 is 1.39 bits per heavy atom. The first kappa shape index (κ1) is 37.7. The highest BCUT2D eigenvalue weighted by Gasteiger charge is 2.39. The first-order valence-corrected chi connectivity index (χ1v) is 21.9. The van der Waals surface area contributed by atoms with E-state index in [-0.39, 0.29) is 11.6 Å². The highest BCUT2D eigenvalue weighted by molar-refractivity contribution is 6.14. The monoisotopic (exact) mass is 800 g/mol. The molecule has 7 aromatic rings. The maximum absolute atomic E-state index is 5.29. The van der Waals surface area contributed by atoms with E-state index in [9.17, 15) is 0 Å². The molecule has 62 heavy (non-hydrogen) atoms. The van der Waals surface area contributed by atoms with Crippen molar-refractivity contribution in [2.75, 3.05) is 4.90 Å². The Kier molecular flexibility index (Phi) is 9.50. The van der Waals surface area contributed by atoms with Crippen molar-refractivity contribution in [1.82, 2.24) is 5.32 Å². The Morgan fingerprint density at radius 3 is 2.13 bits per heavy atom. The van der Waals surface area contributed by atoms with E-state index in [1.54, 1.807) is 0 Å². The van der Waals surface area contributed by atoms with Gasteiger partial charge >= 0.3 is 0 Å².